The third kappa shape index (κ3) is 6.40. The summed E-state index contributed by atoms with van der Waals surface area (Å²) >= 11 is 3.26. The molecule has 1 aliphatic heterocycles. The lowest BCUT2D eigenvalue weighted by Crippen LogP contribution is -2.50. The molecule has 33 heavy (non-hydrogen) atoms. The van der Waals surface area contributed by atoms with Gasteiger partial charge in [-0.3, -0.25) is 14.5 Å². The minimum Gasteiger partial charge on any atom is -0.336 e. The maximum absolute atomic E-state index is 13.2. The smallest absolute Gasteiger partial charge is 0.255 e. The summed E-state index contributed by atoms with van der Waals surface area (Å²) in [5.74, 6) is 0.251. The summed E-state index contributed by atoms with van der Waals surface area (Å²) in [5.41, 5.74) is 2.30. The molecule has 0 aliphatic carbocycles. The summed E-state index contributed by atoms with van der Waals surface area (Å²) in [4.78, 5) is 34.8. The molecule has 2 amide bonds. The van der Waals surface area contributed by atoms with Crippen LogP contribution in [0, 0.1) is 12.7 Å². The van der Waals surface area contributed by atoms with Crippen LogP contribution in [0.2, 0.25) is 0 Å². The van der Waals surface area contributed by atoms with E-state index in [0.29, 0.717) is 37.4 Å². The third-order valence-electron chi connectivity index (χ3n) is 5.31. The van der Waals surface area contributed by atoms with Crippen molar-refractivity contribution in [1.82, 2.24) is 14.8 Å². The Morgan fingerprint density at radius 1 is 1.09 bits per heavy atom. The first kappa shape index (κ1) is 23.4. The largest absolute Gasteiger partial charge is 0.336 e. The highest BCUT2D eigenvalue weighted by molar-refractivity contribution is 7.98. The second-order valence-corrected chi connectivity index (χ2v) is 9.85. The molecule has 4 rings (SSSR count). The Labute approximate surface area is 200 Å². The number of carbonyl (C=O) groups is 2. The lowest BCUT2D eigenvalue weighted by molar-refractivity contribution is -0.117. The van der Waals surface area contributed by atoms with E-state index < -0.39 is 0 Å². The molecule has 1 aromatic heterocycles. The van der Waals surface area contributed by atoms with E-state index in [9.17, 15) is 14.0 Å². The van der Waals surface area contributed by atoms with Crippen LogP contribution in [0.5, 0.6) is 0 Å². The molecule has 0 spiro atoms. The number of nitrogens with zero attached hydrogens (tertiary/aromatic N) is 3. The first-order valence-electron chi connectivity index (χ1n) is 10.7. The van der Waals surface area contributed by atoms with Gasteiger partial charge in [-0.1, -0.05) is 12.1 Å². The minimum atomic E-state index is -0.341. The van der Waals surface area contributed by atoms with Crippen LogP contribution in [0.25, 0.3) is 0 Å². The number of hydrogen-bond donors (Lipinski definition) is 1. The molecule has 1 N–H and O–H groups in total. The van der Waals surface area contributed by atoms with Crippen molar-refractivity contribution in [1.29, 1.82) is 0 Å². The highest BCUT2D eigenvalue weighted by Gasteiger charge is 2.25. The zero-order valence-electron chi connectivity index (χ0n) is 18.3. The number of thioether (sulfide) groups is 1. The molecule has 2 heterocycles. The maximum atomic E-state index is 13.2. The van der Waals surface area contributed by atoms with E-state index >= 15 is 0 Å². The molecule has 3 aromatic rings. The topological polar surface area (TPSA) is 65.5 Å². The van der Waals surface area contributed by atoms with E-state index in [1.807, 2.05) is 41.0 Å². The standard InChI is InChI=1S/C24H25FN4O2S2/c1-17-26-20(15-32-17)16-33-22-5-3-2-4-21(22)24(31)29-12-10-28(11-13-29)14-23(30)27-19-8-6-18(25)7-9-19/h2-9,15H,10-14,16H2,1H3,(H,27,30). The van der Waals surface area contributed by atoms with Gasteiger partial charge in [-0.2, -0.15) is 0 Å². The quantitative estimate of drug-likeness (QED) is 0.507. The van der Waals surface area contributed by atoms with E-state index in [0.717, 1.165) is 21.3 Å². The molecule has 6 nitrogen and oxygen atoms in total. The Kier molecular flexibility index (Phi) is 7.74. The van der Waals surface area contributed by atoms with Crippen molar-refractivity contribution in [3.63, 3.8) is 0 Å². The summed E-state index contributed by atoms with van der Waals surface area (Å²) in [7, 11) is 0. The Morgan fingerprint density at radius 2 is 1.82 bits per heavy atom. The van der Waals surface area contributed by atoms with Crippen LogP contribution >= 0.6 is 23.1 Å². The van der Waals surface area contributed by atoms with Crippen LogP contribution in [-0.4, -0.2) is 59.3 Å². The summed E-state index contributed by atoms with van der Waals surface area (Å²) in [6.07, 6.45) is 0. The van der Waals surface area contributed by atoms with E-state index in [1.54, 1.807) is 23.1 Å². The van der Waals surface area contributed by atoms with Gasteiger partial charge in [0.05, 0.1) is 22.8 Å². The van der Waals surface area contributed by atoms with Gasteiger partial charge < -0.3 is 10.2 Å². The van der Waals surface area contributed by atoms with Crippen molar-refractivity contribution in [2.45, 2.75) is 17.6 Å². The van der Waals surface area contributed by atoms with E-state index in [-0.39, 0.29) is 24.2 Å². The number of rotatable bonds is 7. The van der Waals surface area contributed by atoms with Gasteiger partial charge in [0.2, 0.25) is 5.91 Å². The first-order valence-corrected chi connectivity index (χ1v) is 12.5. The van der Waals surface area contributed by atoms with Gasteiger partial charge in [-0.25, -0.2) is 9.37 Å². The number of benzene rings is 2. The molecule has 0 radical (unpaired) electrons. The normalized spacial score (nSPS) is 14.3. The van der Waals surface area contributed by atoms with E-state index in [4.69, 9.17) is 0 Å². The number of hydrogen-bond acceptors (Lipinski definition) is 6. The Bertz CT molecular complexity index is 1110. The summed E-state index contributed by atoms with van der Waals surface area (Å²) < 4.78 is 13.0. The van der Waals surface area contributed by atoms with Gasteiger partial charge in [0.15, 0.2) is 0 Å². The fourth-order valence-corrected chi connectivity index (χ4v) is 5.27. The number of piperazine rings is 1. The summed E-state index contributed by atoms with van der Waals surface area (Å²) in [5, 5.41) is 5.87. The predicted molar refractivity (Wildman–Crippen MR) is 130 cm³/mol. The molecule has 0 unspecified atom stereocenters. The fraction of sp³-hybridized carbons (Fsp3) is 0.292. The van der Waals surface area contributed by atoms with Crippen LogP contribution in [0.4, 0.5) is 10.1 Å². The van der Waals surface area contributed by atoms with Crippen molar-refractivity contribution in [2.24, 2.45) is 0 Å². The molecular weight excluding hydrogens is 459 g/mol. The molecule has 172 valence electrons. The molecule has 1 fully saturated rings. The predicted octanol–water partition coefficient (Wildman–Crippen LogP) is 4.28. The highest BCUT2D eigenvalue weighted by atomic mass is 32.2. The average molecular weight is 485 g/mol. The number of aryl methyl sites for hydroxylation is 1. The summed E-state index contributed by atoms with van der Waals surface area (Å²) in [6.45, 7) is 4.59. The number of aromatic nitrogens is 1. The van der Waals surface area contributed by atoms with Gasteiger partial charge in [-0.15, -0.1) is 23.1 Å². The van der Waals surface area contributed by atoms with Crippen LogP contribution < -0.4 is 5.32 Å². The Morgan fingerprint density at radius 3 is 2.52 bits per heavy atom. The second kappa shape index (κ2) is 10.9. The van der Waals surface area contributed by atoms with Crippen LogP contribution in [0.1, 0.15) is 21.1 Å². The van der Waals surface area contributed by atoms with E-state index in [2.05, 4.69) is 15.7 Å². The van der Waals surface area contributed by atoms with Crippen molar-refractivity contribution in [3.05, 3.63) is 76.0 Å². The zero-order valence-corrected chi connectivity index (χ0v) is 19.9. The maximum Gasteiger partial charge on any atom is 0.255 e. The molecule has 0 saturated carbocycles. The SMILES string of the molecule is Cc1nc(CSc2ccccc2C(=O)N2CCN(CC(=O)Nc3ccc(F)cc3)CC2)cs1. The number of nitrogens with one attached hydrogen (secondary N) is 1. The molecule has 0 atom stereocenters. The average Bonchev–Trinajstić information content (AvgIpc) is 3.24. The summed E-state index contributed by atoms with van der Waals surface area (Å²) in [6, 6.07) is 13.4. The van der Waals surface area contributed by atoms with Crippen molar-refractivity contribution < 1.29 is 14.0 Å². The van der Waals surface area contributed by atoms with Crippen molar-refractivity contribution >= 4 is 40.6 Å². The third-order valence-corrected chi connectivity index (χ3v) is 7.24. The second-order valence-electron chi connectivity index (χ2n) is 7.77. The molecule has 0 bridgehead atoms. The van der Waals surface area contributed by atoms with Gasteiger partial charge in [0, 0.05) is 47.9 Å². The highest BCUT2D eigenvalue weighted by Crippen LogP contribution is 2.28. The number of amides is 2. The minimum absolute atomic E-state index is 0.0166. The zero-order chi connectivity index (χ0) is 23.2. The van der Waals surface area contributed by atoms with Crippen LogP contribution in [0.15, 0.2) is 58.8 Å². The number of anilines is 1. The molecule has 9 heteroatoms. The lowest BCUT2D eigenvalue weighted by atomic mass is 10.2. The number of thiazole rings is 1. The molecular formula is C24H25FN4O2S2. The van der Waals surface area contributed by atoms with Crippen molar-refractivity contribution in [3.8, 4) is 0 Å². The lowest BCUT2D eigenvalue weighted by Gasteiger charge is -2.34. The van der Waals surface area contributed by atoms with Gasteiger partial charge >= 0.3 is 0 Å². The molecule has 1 saturated heterocycles. The fourth-order valence-electron chi connectivity index (χ4n) is 3.61. The Hall–Kier alpha value is -2.75. The van der Waals surface area contributed by atoms with Crippen LogP contribution in [-0.2, 0) is 10.5 Å². The monoisotopic (exact) mass is 484 g/mol. The first-order chi connectivity index (χ1) is 16.0. The van der Waals surface area contributed by atoms with Gasteiger partial charge in [0.1, 0.15) is 5.82 Å². The molecule has 2 aromatic carbocycles. The Balaban J connectivity index is 1.29. The number of halogens is 1. The van der Waals surface area contributed by atoms with Crippen molar-refractivity contribution in [2.75, 3.05) is 38.0 Å². The van der Waals surface area contributed by atoms with Crippen LogP contribution in [0.3, 0.4) is 0 Å². The number of carbonyl (C=O) groups excluding carboxylic acids is 2. The molecule has 1 aliphatic rings. The van der Waals surface area contributed by atoms with Gasteiger partial charge in [-0.05, 0) is 43.3 Å². The van der Waals surface area contributed by atoms with Gasteiger partial charge in [0.25, 0.3) is 5.91 Å². The van der Waals surface area contributed by atoms with E-state index in [1.165, 1.54) is 24.3 Å².